The van der Waals surface area contributed by atoms with Gasteiger partial charge in [-0.15, -0.1) is 0 Å². The first-order valence-electron chi connectivity index (χ1n) is 4.62. The van der Waals surface area contributed by atoms with Crippen molar-refractivity contribution in [1.29, 1.82) is 0 Å². The van der Waals surface area contributed by atoms with E-state index in [2.05, 4.69) is 0 Å². The molecule has 0 saturated carbocycles. The lowest BCUT2D eigenvalue weighted by Gasteiger charge is -2.03. The molecule has 0 radical (unpaired) electrons. The van der Waals surface area contributed by atoms with Gasteiger partial charge in [-0.1, -0.05) is 11.6 Å². The second-order valence-corrected chi connectivity index (χ2v) is 5.82. The number of rotatable bonds is 5. The Balaban J connectivity index is 2.71. The van der Waals surface area contributed by atoms with Crippen molar-refractivity contribution in [3.05, 3.63) is 29.3 Å². The average molecular weight is 263 g/mol. The summed E-state index contributed by atoms with van der Waals surface area (Å²) in [4.78, 5) is 10.4. The molecule has 0 heterocycles. The van der Waals surface area contributed by atoms with Gasteiger partial charge < -0.3 is 5.11 Å². The minimum atomic E-state index is -3.39. The van der Waals surface area contributed by atoms with E-state index in [4.69, 9.17) is 16.7 Å². The van der Waals surface area contributed by atoms with Crippen LogP contribution in [0.3, 0.4) is 0 Å². The van der Waals surface area contributed by atoms with Crippen molar-refractivity contribution in [2.75, 3.05) is 5.75 Å². The normalized spacial score (nSPS) is 11.3. The van der Waals surface area contributed by atoms with Crippen molar-refractivity contribution in [2.45, 2.75) is 17.7 Å². The second kappa shape index (κ2) is 5.32. The summed E-state index contributed by atoms with van der Waals surface area (Å²) < 4.78 is 23.4. The van der Waals surface area contributed by atoms with Gasteiger partial charge >= 0.3 is 5.97 Å². The maximum Gasteiger partial charge on any atom is 0.303 e. The Morgan fingerprint density at radius 1 is 1.25 bits per heavy atom. The Labute approximate surface area is 98.8 Å². The topological polar surface area (TPSA) is 71.4 Å². The molecule has 1 N–H and O–H groups in total. The summed E-state index contributed by atoms with van der Waals surface area (Å²) in [5.41, 5.74) is 0. The molecule has 1 aromatic carbocycles. The zero-order valence-electron chi connectivity index (χ0n) is 8.39. The SMILES string of the molecule is O=C(O)CCCS(=O)(=O)c1ccc(Cl)cc1. The van der Waals surface area contributed by atoms with E-state index >= 15 is 0 Å². The molecule has 16 heavy (non-hydrogen) atoms. The molecule has 0 aliphatic carbocycles. The van der Waals surface area contributed by atoms with E-state index in [0.717, 1.165) is 0 Å². The Morgan fingerprint density at radius 3 is 2.31 bits per heavy atom. The van der Waals surface area contributed by atoms with Gasteiger partial charge in [0.05, 0.1) is 10.6 Å². The zero-order valence-corrected chi connectivity index (χ0v) is 9.96. The minimum Gasteiger partial charge on any atom is -0.481 e. The summed E-state index contributed by atoms with van der Waals surface area (Å²) >= 11 is 5.64. The highest BCUT2D eigenvalue weighted by Crippen LogP contribution is 2.16. The van der Waals surface area contributed by atoms with Crippen LogP contribution in [-0.4, -0.2) is 25.2 Å². The van der Waals surface area contributed by atoms with Crippen molar-refractivity contribution in [3.63, 3.8) is 0 Å². The van der Waals surface area contributed by atoms with Crippen molar-refractivity contribution in [3.8, 4) is 0 Å². The molecule has 0 aliphatic rings. The van der Waals surface area contributed by atoms with Gasteiger partial charge in [0, 0.05) is 11.4 Å². The van der Waals surface area contributed by atoms with Crippen molar-refractivity contribution < 1.29 is 18.3 Å². The zero-order chi connectivity index (χ0) is 12.2. The molecule has 0 spiro atoms. The lowest BCUT2D eigenvalue weighted by atomic mass is 10.3. The summed E-state index contributed by atoms with van der Waals surface area (Å²) in [5, 5.41) is 8.87. The molecule has 0 saturated heterocycles. The van der Waals surface area contributed by atoms with Crippen LogP contribution >= 0.6 is 11.6 Å². The molecular weight excluding hydrogens is 252 g/mol. The van der Waals surface area contributed by atoms with E-state index in [1.807, 2.05) is 0 Å². The lowest BCUT2D eigenvalue weighted by molar-refractivity contribution is -0.137. The molecule has 0 fully saturated rings. The molecule has 1 aromatic rings. The fourth-order valence-corrected chi connectivity index (χ4v) is 2.61. The summed E-state index contributed by atoms with van der Waals surface area (Å²) in [7, 11) is -3.39. The number of carboxylic acids is 1. The molecule has 0 aromatic heterocycles. The average Bonchev–Trinajstić information content (AvgIpc) is 2.17. The van der Waals surface area contributed by atoms with E-state index < -0.39 is 15.8 Å². The van der Waals surface area contributed by atoms with E-state index in [0.29, 0.717) is 5.02 Å². The predicted molar refractivity (Wildman–Crippen MR) is 60.4 cm³/mol. The van der Waals surface area contributed by atoms with Crippen LogP contribution in [0.25, 0.3) is 0 Å². The fourth-order valence-electron chi connectivity index (χ4n) is 1.17. The first kappa shape index (κ1) is 13.0. The smallest absolute Gasteiger partial charge is 0.303 e. The third-order valence-corrected chi connectivity index (χ3v) is 4.04. The monoisotopic (exact) mass is 262 g/mol. The number of carboxylic acid groups (broad SMARTS) is 1. The van der Waals surface area contributed by atoms with Crippen LogP contribution in [0.1, 0.15) is 12.8 Å². The standard InChI is InChI=1S/C10H11ClO4S/c11-8-3-5-9(6-4-8)16(14,15)7-1-2-10(12)13/h3-6H,1-2,7H2,(H,12,13). The summed E-state index contributed by atoms with van der Waals surface area (Å²) in [6.45, 7) is 0. The fraction of sp³-hybridized carbons (Fsp3) is 0.300. The van der Waals surface area contributed by atoms with Crippen molar-refractivity contribution >= 4 is 27.4 Å². The maximum atomic E-state index is 11.7. The van der Waals surface area contributed by atoms with Crippen LogP contribution in [0, 0.1) is 0 Å². The van der Waals surface area contributed by atoms with Gasteiger partial charge in [-0.2, -0.15) is 0 Å². The van der Waals surface area contributed by atoms with Crippen LogP contribution in [0.15, 0.2) is 29.2 Å². The third-order valence-electron chi connectivity index (χ3n) is 1.98. The molecule has 0 amide bonds. The van der Waals surface area contributed by atoms with E-state index in [9.17, 15) is 13.2 Å². The quantitative estimate of drug-likeness (QED) is 0.881. The van der Waals surface area contributed by atoms with Gasteiger partial charge in [0.1, 0.15) is 0 Å². The summed E-state index contributed by atoms with van der Waals surface area (Å²) in [5.74, 6) is -1.16. The first-order chi connectivity index (χ1) is 7.42. The molecule has 6 heteroatoms. The molecular formula is C10H11ClO4S. The highest BCUT2D eigenvalue weighted by molar-refractivity contribution is 7.91. The number of hydrogen-bond acceptors (Lipinski definition) is 3. The number of carbonyl (C=O) groups is 1. The molecule has 4 nitrogen and oxygen atoms in total. The Bertz CT molecular complexity index is 464. The predicted octanol–water partition coefficient (Wildman–Crippen LogP) is 1.98. The third kappa shape index (κ3) is 3.83. The molecule has 88 valence electrons. The van der Waals surface area contributed by atoms with E-state index in [1.54, 1.807) is 0 Å². The number of benzene rings is 1. The number of hydrogen-bond donors (Lipinski definition) is 1. The first-order valence-corrected chi connectivity index (χ1v) is 6.65. The van der Waals surface area contributed by atoms with Crippen LogP contribution < -0.4 is 0 Å². The van der Waals surface area contributed by atoms with Crippen molar-refractivity contribution in [1.82, 2.24) is 0 Å². The van der Waals surface area contributed by atoms with Gasteiger partial charge in [-0.3, -0.25) is 4.79 Å². The molecule has 1 rings (SSSR count). The summed E-state index contributed by atoms with van der Waals surface area (Å²) in [6, 6.07) is 5.81. The molecule has 0 atom stereocenters. The van der Waals surface area contributed by atoms with Crippen LogP contribution in [0.4, 0.5) is 0 Å². The van der Waals surface area contributed by atoms with E-state index in [-0.39, 0.29) is 23.5 Å². The number of halogens is 1. The largest absolute Gasteiger partial charge is 0.481 e. The number of sulfone groups is 1. The highest BCUT2D eigenvalue weighted by atomic mass is 35.5. The Kier molecular flexibility index (Phi) is 4.32. The highest BCUT2D eigenvalue weighted by Gasteiger charge is 2.14. The van der Waals surface area contributed by atoms with Gasteiger partial charge in [0.25, 0.3) is 0 Å². The van der Waals surface area contributed by atoms with E-state index in [1.165, 1.54) is 24.3 Å². The van der Waals surface area contributed by atoms with Gasteiger partial charge in [-0.05, 0) is 30.7 Å². The molecule has 0 bridgehead atoms. The van der Waals surface area contributed by atoms with Crippen LogP contribution in [-0.2, 0) is 14.6 Å². The minimum absolute atomic E-state index is 0.111. The maximum absolute atomic E-state index is 11.7. The van der Waals surface area contributed by atoms with Crippen LogP contribution in [0.5, 0.6) is 0 Å². The van der Waals surface area contributed by atoms with Gasteiger partial charge in [-0.25, -0.2) is 8.42 Å². The second-order valence-electron chi connectivity index (χ2n) is 3.27. The van der Waals surface area contributed by atoms with Crippen molar-refractivity contribution in [2.24, 2.45) is 0 Å². The van der Waals surface area contributed by atoms with Gasteiger partial charge in [0.15, 0.2) is 9.84 Å². The molecule has 0 unspecified atom stereocenters. The van der Waals surface area contributed by atoms with Crippen LogP contribution in [0.2, 0.25) is 5.02 Å². The summed E-state index contributed by atoms with van der Waals surface area (Å²) in [6.07, 6.45) is -0.0346. The Hall–Kier alpha value is -1.07. The number of aliphatic carboxylic acids is 1. The Morgan fingerprint density at radius 2 is 1.81 bits per heavy atom. The van der Waals surface area contributed by atoms with Gasteiger partial charge in [0.2, 0.25) is 0 Å². The lowest BCUT2D eigenvalue weighted by Crippen LogP contribution is -2.08. The molecule has 0 aliphatic heterocycles.